The first kappa shape index (κ1) is 14.9. The quantitative estimate of drug-likeness (QED) is 0.483. The average Bonchev–Trinajstić information content (AvgIpc) is 2.36. The van der Waals surface area contributed by atoms with Gasteiger partial charge in [-0.2, -0.15) is 0 Å². The standard InChI is InChI=1S/C13H17N3O3/c1-8-7-12(19-3)9(2)6-10(8)11(15-16-14)4-5-13(17)18/h6-7,11H,4-5H2,1-3H3,(H,17,18). The Morgan fingerprint density at radius 3 is 2.68 bits per heavy atom. The Kier molecular flexibility index (Phi) is 5.21. The first-order valence-corrected chi connectivity index (χ1v) is 5.90. The molecule has 1 N–H and O–H groups in total. The molecule has 0 amide bonds. The third-order valence-electron chi connectivity index (χ3n) is 2.97. The van der Waals surface area contributed by atoms with Crippen LogP contribution in [0.15, 0.2) is 17.2 Å². The van der Waals surface area contributed by atoms with E-state index in [1.54, 1.807) is 7.11 Å². The van der Waals surface area contributed by atoms with Crippen LogP contribution in [-0.2, 0) is 4.79 Å². The van der Waals surface area contributed by atoms with E-state index < -0.39 is 12.0 Å². The molecule has 0 aliphatic carbocycles. The second-order valence-electron chi connectivity index (χ2n) is 4.33. The number of methoxy groups -OCH3 is 1. The fraction of sp³-hybridized carbons (Fsp3) is 0.462. The lowest BCUT2D eigenvalue weighted by Crippen LogP contribution is -2.03. The highest BCUT2D eigenvalue weighted by atomic mass is 16.5. The van der Waals surface area contributed by atoms with Gasteiger partial charge in [0.05, 0.1) is 13.2 Å². The van der Waals surface area contributed by atoms with Crippen LogP contribution in [0.4, 0.5) is 0 Å². The van der Waals surface area contributed by atoms with Gasteiger partial charge in [0.1, 0.15) is 5.75 Å². The number of carboxylic acid groups (broad SMARTS) is 1. The minimum absolute atomic E-state index is 0.0335. The molecule has 102 valence electrons. The molecule has 1 aromatic rings. The molecule has 0 radical (unpaired) electrons. The molecule has 19 heavy (non-hydrogen) atoms. The van der Waals surface area contributed by atoms with Crippen molar-refractivity contribution < 1.29 is 14.6 Å². The maximum Gasteiger partial charge on any atom is 0.303 e. The lowest BCUT2D eigenvalue weighted by atomic mass is 9.95. The lowest BCUT2D eigenvalue weighted by molar-refractivity contribution is -0.137. The van der Waals surface area contributed by atoms with Gasteiger partial charge in [-0.1, -0.05) is 11.2 Å². The van der Waals surface area contributed by atoms with Crippen LogP contribution in [0.2, 0.25) is 0 Å². The smallest absolute Gasteiger partial charge is 0.303 e. The monoisotopic (exact) mass is 263 g/mol. The molecule has 0 saturated heterocycles. The van der Waals surface area contributed by atoms with Crippen molar-refractivity contribution in [2.24, 2.45) is 5.11 Å². The zero-order chi connectivity index (χ0) is 14.4. The van der Waals surface area contributed by atoms with E-state index in [0.29, 0.717) is 0 Å². The second-order valence-corrected chi connectivity index (χ2v) is 4.33. The van der Waals surface area contributed by atoms with Crippen molar-refractivity contribution in [3.8, 4) is 5.75 Å². The van der Waals surface area contributed by atoms with Crippen LogP contribution >= 0.6 is 0 Å². The number of carbonyl (C=O) groups is 1. The van der Waals surface area contributed by atoms with E-state index in [0.717, 1.165) is 22.4 Å². The molecule has 0 heterocycles. The average molecular weight is 263 g/mol. The first-order valence-electron chi connectivity index (χ1n) is 5.90. The summed E-state index contributed by atoms with van der Waals surface area (Å²) in [6, 6.07) is 3.28. The molecule has 0 aliphatic heterocycles. The van der Waals surface area contributed by atoms with Crippen molar-refractivity contribution >= 4 is 5.97 Å². The molecule has 1 rings (SSSR count). The van der Waals surface area contributed by atoms with Crippen molar-refractivity contribution in [2.45, 2.75) is 32.7 Å². The van der Waals surface area contributed by atoms with Crippen molar-refractivity contribution in [2.75, 3.05) is 7.11 Å². The maximum absolute atomic E-state index is 10.6. The Labute approximate surface area is 111 Å². The van der Waals surface area contributed by atoms with Crippen LogP contribution in [0.3, 0.4) is 0 Å². The number of hydrogen-bond donors (Lipinski definition) is 1. The third kappa shape index (κ3) is 3.89. The van der Waals surface area contributed by atoms with E-state index in [1.165, 1.54) is 0 Å². The Morgan fingerprint density at radius 1 is 1.47 bits per heavy atom. The van der Waals surface area contributed by atoms with Crippen LogP contribution in [0.1, 0.15) is 35.6 Å². The maximum atomic E-state index is 10.6. The SMILES string of the molecule is COc1cc(C)c(C(CCC(=O)O)N=[N+]=[N-])cc1C. The van der Waals surface area contributed by atoms with Crippen molar-refractivity contribution in [3.63, 3.8) is 0 Å². The highest BCUT2D eigenvalue weighted by Crippen LogP contribution is 2.31. The number of carboxylic acids is 1. The summed E-state index contributed by atoms with van der Waals surface area (Å²) in [5, 5.41) is 12.4. The molecule has 0 aromatic heterocycles. The molecule has 0 fully saturated rings. The van der Waals surface area contributed by atoms with E-state index >= 15 is 0 Å². The van der Waals surface area contributed by atoms with Gasteiger partial charge in [0.15, 0.2) is 0 Å². The van der Waals surface area contributed by atoms with Gasteiger partial charge in [-0.3, -0.25) is 4.79 Å². The number of hydrogen-bond acceptors (Lipinski definition) is 3. The van der Waals surface area contributed by atoms with Gasteiger partial charge in [-0.05, 0) is 48.6 Å². The predicted molar refractivity (Wildman–Crippen MR) is 71.2 cm³/mol. The number of benzene rings is 1. The number of aliphatic carboxylic acids is 1. The third-order valence-corrected chi connectivity index (χ3v) is 2.97. The summed E-state index contributed by atoms with van der Waals surface area (Å²) < 4.78 is 5.22. The van der Waals surface area contributed by atoms with Crippen LogP contribution in [0.25, 0.3) is 10.4 Å². The minimum Gasteiger partial charge on any atom is -0.496 e. The number of aryl methyl sites for hydroxylation is 2. The highest BCUT2D eigenvalue weighted by Gasteiger charge is 2.15. The molecule has 1 unspecified atom stereocenters. The molecule has 0 bridgehead atoms. The zero-order valence-corrected chi connectivity index (χ0v) is 11.3. The van der Waals surface area contributed by atoms with Crippen LogP contribution in [-0.4, -0.2) is 18.2 Å². The number of rotatable bonds is 6. The fourth-order valence-electron chi connectivity index (χ4n) is 1.99. The summed E-state index contributed by atoms with van der Waals surface area (Å²) in [6.07, 6.45) is 0.250. The van der Waals surface area contributed by atoms with Crippen molar-refractivity contribution in [1.29, 1.82) is 0 Å². The molecule has 0 saturated carbocycles. The topological polar surface area (TPSA) is 95.3 Å². The lowest BCUT2D eigenvalue weighted by Gasteiger charge is -2.16. The Balaban J connectivity index is 3.11. The van der Waals surface area contributed by atoms with E-state index in [2.05, 4.69) is 10.0 Å². The Morgan fingerprint density at radius 2 is 2.16 bits per heavy atom. The summed E-state index contributed by atoms with van der Waals surface area (Å²) >= 11 is 0. The van der Waals surface area contributed by atoms with Crippen LogP contribution in [0, 0.1) is 13.8 Å². The summed E-state index contributed by atoms with van der Waals surface area (Å²) in [7, 11) is 1.59. The summed E-state index contributed by atoms with van der Waals surface area (Å²) in [5.74, 6) is -0.139. The van der Waals surface area contributed by atoms with Gasteiger partial charge >= 0.3 is 5.97 Å². The van der Waals surface area contributed by atoms with E-state index in [-0.39, 0.29) is 12.8 Å². The second kappa shape index (κ2) is 6.66. The molecule has 6 nitrogen and oxygen atoms in total. The molecule has 0 spiro atoms. The summed E-state index contributed by atoms with van der Waals surface area (Å²) in [4.78, 5) is 13.4. The zero-order valence-electron chi connectivity index (χ0n) is 11.3. The molecule has 1 atom stereocenters. The fourth-order valence-corrected chi connectivity index (χ4v) is 1.99. The molecular formula is C13H17N3O3. The normalized spacial score (nSPS) is 11.5. The van der Waals surface area contributed by atoms with E-state index in [9.17, 15) is 4.79 Å². The first-order chi connectivity index (χ1) is 8.99. The minimum atomic E-state index is -0.902. The van der Waals surface area contributed by atoms with Crippen LogP contribution < -0.4 is 4.74 Å². The number of ether oxygens (including phenoxy) is 1. The predicted octanol–water partition coefficient (Wildman–Crippen LogP) is 3.53. The summed E-state index contributed by atoms with van der Waals surface area (Å²) in [6.45, 7) is 3.78. The Bertz CT molecular complexity index is 522. The van der Waals surface area contributed by atoms with Gasteiger partial charge in [0.2, 0.25) is 0 Å². The van der Waals surface area contributed by atoms with Crippen molar-refractivity contribution in [3.05, 3.63) is 39.3 Å². The van der Waals surface area contributed by atoms with Gasteiger partial charge in [-0.25, -0.2) is 0 Å². The van der Waals surface area contributed by atoms with Crippen molar-refractivity contribution in [1.82, 2.24) is 0 Å². The summed E-state index contributed by atoms with van der Waals surface area (Å²) in [5.41, 5.74) is 11.3. The molecular weight excluding hydrogens is 246 g/mol. The Hall–Kier alpha value is -2.20. The van der Waals surface area contributed by atoms with E-state index in [1.807, 2.05) is 26.0 Å². The van der Waals surface area contributed by atoms with E-state index in [4.69, 9.17) is 15.4 Å². The molecule has 1 aromatic carbocycles. The van der Waals surface area contributed by atoms with Crippen LogP contribution in [0.5, 0.6) is 5.75 Å². The number of nitrogens with zero attached hydrogens (tertiary/aromatic N) is 3. The number of azide groups is 1. The van der Waals surface area contributed by atoms with Gasteiger partial charge in [-0.15, -0.1) is 0 Å². The molecule has 0 aliphatic rings. The highest BCUT2D eigenvalue weighted by molar-refractivity contribution is 5.66. The molecule has 6 heteroatoms. The van der Waals surface area contributed by atoms with Gasteiger partial charge in [0.25, 0.3) is 0 Å². The van der Waals surface area contributed by atoms with Gasteiger partial charge < -0.3 is 9.84 Å². The van der Waals surface area contributed by atoms with Gasteiger partial charge in [0, 0.05) is 11.3 Å². The largest absolute Gasteiger partial charge is 0.496 e.